The second kappa shape index (κ2) is 3.64. The molecule has 70 valence electrons. The Morgan fingerprint density at radius 1 is 1.38 bits per heavy atom. The Balaban J connectivity index is 3.34. The smallest absolute Gasteiger partial charge is 0.206 e. The molecular weight excluding hydrogens is 177 g/mol. The average Bonchev–Trinajstić information content (AvgIpc) is 2.02. The van der Waals surface area contributed by atoms with Crippen molar-refractivity contribution in [3.05, 3.63) is 41.7 Å². The molecule has 0 atom stereocenters. The first kappa shape index (κ1) is 9.84. The highest BCUT2D eigenvalue weighted by atomic mass is 19.3. The van der Waals surface area contributed by atoms with Gasteiger partial charge in [-0.3, -0.25) is 0 Å². The van der Waals surface area contributed by atoms with Gasteiger partial charge in [0.15, 0.2) is 0 Å². The van der Waals surface area contributed by atoms with Crippen molar-refractivity contribution in [1.29, 1.82) is 0 Å². The van der Waals surface area contributed by atoms with Gasteiger partial charge in [0.1, 0.15) is 5.82 Å². The van der Waals surface area contributed by atoms with Gasteiger partial charge in [0, 0.05) is 11.1 Å². The van der Waals surface area contributed by atoms with Gasteiger partial charge in [-0.15, -0.1) is 0 Å². The Kier molecular flexibility index (Phi) is 2.76. The largest absolute Gasteiger partial charge is 0.264 e. The highest BCUT2D eigenvalue weighted by molar-refractivity contribution is 5.65. The zero-order chi connectivity index (χ0) is 10.0. The first-order chi connectivity index (χ1) is 6.04. The van der Waals surface area contributed by atoms with Crippen LogP contribution in [0.3, 0.4) is 0 Å². The summed E-state index contributed by atoms with van der Waals surface area (Å²) in [5.74, 6) is -0.648. The molecule has 0 amide bonds. The Hall–Kier alpha value is -1.25. The molecule has 0 saturated heterocycles. The summed E-state index contributed by atoms with van der Waals surface area (Å²) in [5.41, 5.74) is -0.0570. The van der Waals surface area contributed by atoms with Crippen molar-refractivity contribution < 1.29 is 13.2 Å². The summed E-state index contributed by atoms with van der Waals surface area (Å²) < 4.78 is 37.8. The molecule has 0 unspecified atom stereocenters. The highest BCUT2D eigenvalue weighted by Gasteiger charge is 2.16. The van der Waals surface area contributed by atoms with E-state index >= 15 is 0 Å². The van der Waals surface area contributed by atoms with Gasteiger partial charge in [-0.1, -0.05) is 18.7 Å². The maximum atomic E-state index is 13.1. The molecule has 0 bridgehead atoms. The molecule has 1 aromatic rings. The first-order valence-corrected chi connectivity index (χ1v) is 3.76. The number of allylic oxidation sites excluding steroid dienone is 1. The van der Waals surface area contributed by atoms with Crippen LogP contribution < -0.4 is 0 Å². The summed E-state index contributed by atoms with van der Waals surface area (Å²) >= 11 is 0. The summed E-state index contributed by atoms with van der Waals surface area (Å²) in [7, 11) is 0. The van der Waals surface area contributed by atoms with Crippen LogP contribution in [0.2, 0.25) is 0 Å². The third kappa shape index (κ3) is 1.91. The average molecular weight is 186 g/mol. The third-order valence-corrected chi connectivity index (χ3v) is 1.71. The molecule has 0 spiro atoms. The fraction of sp³-hybridized carbons (Fsp3) is 0.200. The van der Waals surface area contributed by atoms with Crippen molar-refractivity contribution in [2.24, 2.45) is 0 Å². The van der Waals surface area contributed by atoms with Crippen LogP contribution in [0, 0.1) is 5.82 Å². The molecule has 0 N–H and O–H groups in total. The number of halogens is 3. The normalized spacial score (nSPS) is 10.5. The zero-order valence-corrected chi connectivity index (χ0v) is 7.15. The monoisotopic (exact) mass is 186 g/mol. The van der Waals surface area contributed by atoms with Crippen molar-refractivity contribution in [1.82, 2.24) is 0 Å². The molecule has 0 aromatic heterocycles. The van der Waals surface area contributed by atoms with E-state index in [0.29, 0.717) is 5.57 Å². The van der Waals surface area contributed by atoms with Crippen molar-refractivity contribution in [2.75, 3.05) is 0 Å². The second-order valence-corrected chi connectivity index (χ2v) is 2.79. The molecule has 13 heavy (non-hydrogen) atoms. The van der Waals surface area contributed by atoms with Crippen LogP contribution in [-0.4, -0.2) is 0 Å². The molecule has 0 aliphatic carbocycles. The Morgan fingerprint density at radius 2 is 2.00 bits per heavy atom. The minimum Gasteiger partial charge on any atom is -0.206 e. The minimum atomic E-state index is -2.66. The van der Waals surface area contributed by atoms with E-state index in [1.807, 2.05) is 0 Å². The Bertz CT molecular complexity index is 329. The van der Waals surface area contributed by atoms with Crippen molar-refractivity contribution in [3.8, 4) is 0 Å². The van der Waals surface area contributed by atoms with Gasteiger partial charge < -0.3 is 0 Å². The SMILES string of the molecule is C=C(C)c1c(F)cccc1C(F)F. The molecule has 3 heteroatoms. The summed E-state index contributed by atoms with van der Waals surface area (Å²) in [6, 6.07) is 3.62. The van der Waals surface area contributed by atoms with Crippen LogP contribution in [0.4, 0.5) is 13.2 Å². The van der Waals surface area contributed by atoms with E-state index < -0.39 is 12.2 Å². The number of rotatable bonds is 2. The van der Waals surface area contributed by atoms with E-state index in [4.69, 9.17) is 0 Å². The first-order valence-electron chi connectivity index (χ1n) is 3.76. The summed E-state index contributed by atoms with van der Waals surface area (Å²) in [6.45, 7) is 4.96. The van der Waals surface area contributed by atoms with Gasteiger partial charge in [0.05, 0.1) is 0 Å². The fourth-order valence-electron chi connectivity index (χ4n) is 1.17. The van der Waals surface area contributed by atoms with Crippen LogP contribution >= 0.6 is 0 Å². The Morgan fingerprint density at radius 3 is 2.38 bits per heavy atom. The molecule has 0 aliphatic heterocycles. The zero-order valence-electron chi connectivity index (χ0n) is 7.15. The molecule has 0 nitrogen and oxygen atoms in total. The van der Waals surface area contributed by atoms with Gasteiger partial charge in [0.25, 0.3) is 6.43 Å². The van der Waals surface area contributed by atoms with Gasteiger partial charge in [-0.2, -0.15) is 0 Å². The maximum absolute atomic E-state index is 13.1. The van der Waals surface area contributed by atoms with Crippen molar-refractivity contribution >= 4 is 5.57 Å². The lowest BCUT2D eigenvalue weighted by Gasteiger charge is -2.08. The predicted octanol–water partition coefficient (Wildman–Crippen LogP) is 3.80. The molecule has 0 fully saturated rings. The van der Waals surface area contributed by atoms with E-state index in [1.165, 1.54) is 19.1 Å². The molecular formula is C10H9F3. The van der Waals surface area contributed by atoms with E-state index in [1.54, 1.807) is 0 Å². The molecule has 0 radical (unpaired) electrons. The third-order valence-electron chi connectivity index (χ3n) is 1.71. The van der Waals surface area contributed by atoms with E-state index in [9.17, 15) is 13.2 Å². The quantitative estimate of drug-likeness (QED) is 0.659. The Labute approximate surface area is 74.7 Å². The van der Waals surface area contributed by atoms with Gasteiger partial charge >= 0.3 is 0 Å². The predicted molar refractivity (Wildman–Crippen MR) is 46.1 cm³/mol. The van der Waals surface area contributed by atoms with E-state index in [0.717, 1.165) is 6.07 Å². The van der Waals surface area contributed by atoms with Crippen LogP contribution in [0.1, 0.15) is 24.5 Å². The summed E-state index contributed by atoms with van der Waals surface area (Å²) in [6.07, 6.45) is -2.66. The van der Waals surface area contributed by atoms with Crippen molar-refractivity contribution in [2.45, 2.75) is 13.3 Å². The number of hydrogen-bond acceptors (Lipinski definition) is 0. The van der Waals surface area contributed by atoms with E-state index in [-0.39, 0.29) is 11.1 Å². The van der Waals surface area contributed by atoms with Crippen LogP contribution in [0.25, 0.3) is 5.57 Å². The van der Waals surface area contributed by atoms with Crippen molar-refractivity contribution in [3.63, 3.8) is 0 Å². The highest BCUT2D eigenvalue weighted by Crippen LogP contribution is 2.28. The lowest BCUT2D eigenvalue weighted by atomic mass is 10.0. The molecule has 1 rings (SSSR count). The van der Waals surface area contributed by atoms with E-state index in [2.05, 4.69) is 6.58 Å². The summed E-state index contributed by atoms with van der Waals surface area (Å²) in [4.78, 5) is 0. The molecule has 0 heterocycles. The number of hydrogen-bond donors (Lipinski definition) is 0. The van der Waals surface area contributed by atoms with Crippen LogP contribution in [0.5, 0.6) is 0 Å². The fourth-order valence-corrected chi connectivity index (χ4v) is 1.17. The molecule has 0 aliphatic rings. The summed E-state index contributed by atoms with van der Waals surface area (Å²) in [5, 5.41) is 0. The number of benzene rings is 1. The van der Waals surface area contributed by atoms with Gasteiger partial charge in [0.2, 0.25) is 0 Å². The van der Waals surface area contributed by atoms with Crippen LogP contribution in [-0.2, 0) is 0 Å². The minimum absolute atomic E-state index is 0.0718. The lowest BCUT2D eigenvalue weighted by Crippen LogP contribution is -1.95. The second-order valence-electron chi connectivity index (χ2n) is 2.79. The molecule has 0 saturated carbocycles. The van der Waals surface area contributed by atoms with Gasteiger partial charge in [-0.25, -0.2) is 13.2 Å². The van der Waals surface area contributed by atoms with Crippen LogP contribution in [0.15, 0.2) is 24.8 Å². The lowest BCUT2D eigenvalue weighted by molar-refractivity contribution is 0.150. The number of alkyl halides is 2. The molecule has 1 aromatic carbocycles. The standard InChI is InChI=1S/C10H9F3/c1-6(2)9-7(10(12)13)4-3-5-8(9)11/h3-5,10H,1H2,2H3. The maximum Gasteiger partial charge on any atom is 0.264 e. The van der Waals surface area contributed by atoms with Gasteiger partial charge in [-0.05, 0) is 18.6 Å². The topological polar surface area (TPSA) is 0 Å².